The third-order valence-corrected chi connectivity index (χ3v) is 7.04. The predicted molar refractivity (Wildman–Crippen MR) is 106 cm³/mol. The Labute approximate surface area is 164 Å². The molecule has 2 aromatic heterocycles. The van der Waals surface area contributed by atoms with E-state index < -0.39 is 10.0 Å². The zero-order valence-electron chi connectivity index (χ0n) is 15.9. The minimum absolute atomic E-state index is 0.00934. The van der Waals surface area contributed by atoms with Crippen LogP contribution in [0, 0.1) is 19.8 Å². The minimum Gasteiger partial charge on any atom is -0.353 e. The number of hydrogen-bond acceptors (Lipinski definition) is 5. The molecule has 1 saturated heterocycles. The maximum atomic E-state index is 12.6. The molecule has 2 aromatic rings. The van der Waals surface area contributed by atoms with Crippen molar-refractivity contribution in [1.29, 1.82) is 0 Å². The van der Waals surface area contributed by atoms with Crippen LogP contribution in [-0.4, -0.2) is 54.3 Å². The lowest BCUT2D eigenvalue weighted by molar-refractivity contribution is -0.126. The molecule has 27 heavy (non-hydrogen) atoms. The highest BCUT2D eigenvalue weighted by Crippen LogP contribution is 2.23. The van der Waals surface area contributed by atoms with Crippen LogP contribution in [-0.2, 0) is 14.8 Å². The monoisotopic (exact) mass is 410 g/mol. The molecule has 0 spiro atoms. The zero-order chi connectivity index (χ0) is 19.6. The lowest BCUT2D eigenvalue weighted by Crippen LogP contribution is -2.43. The first-order valence-electron chi connectivity index (χ1n) is 9.03. The van der Waals surface area contributed by atoms with Gasteiger partial charge in [0.15, 0.2) is 0 Å². The molecule has 148 valence electrons. The van der Waals surface area contributed by atoms with Gasteiger partial charge in [-0.1, -0.05) is 0 Å². The van der Waals surface area contributed by atoms with Crippen LogP contribution in [0.3, 0.4) is 0 Å². The van der Waals surface area contributed by atoms with Gasteiger partial charge in [0, 0.05) is 31.2 Å². The summed E-state index contributed by atoms with van der Waals surface area (Å²) in [5, 5.41) is 11.8. The molecular weight excluding hydrogens is 384 g/mol. The molecule has 1 aliphatic rings. The number of hydrogen-bond donors (Lipinski definition) is 1. The highest BCUT2D eigenvalue weighted by atomic mass is 32.2. The van der Waals surface area contributed by atoms with Crippen molar-refractivity contribution in [2.75, 3.05) is 25.9 Å². The van der Waals surface area contributed by atoms with Crippen LogP contribution in [0.15, 0.2) is 22.9 Å². The normalized spacial score (nSPS) is 17.7. The van der Waals surface area contributed by atoms with Crippen LogP contribution in [0.4, 0.5) is 0 Å². The Kier molecular flexibility index (Phi) is 6.02. The number of rotatable bonds is 6. The Morgan fingerprint density at radius 2 is 2.07 bits per heavy atom. The van der Waals surface area contributed by atoms with Gasteiger partial charge in [-0.25, -0.2) is 12.7 Å². The van der Waals surface area contributed by atoms with Crippen LogP contribution in [0.5, 0.6) is 0 Å². The van der Waals surface area contributed by atoms with E-state index in [0.29, 0.717) is 32.5 Å². The quantitative estimate of drug-likeness (QED) is 0.789. The van der Waals surface area contributed by atoms with Gasteiger partial charge in [0.2, 0.25) is 15.9 Å². The molecule has 3 heterocycles. The first-order valence-corrected chi connectivity index (χ1v) is 11.8. The fraction of sp³-hybridized carbons (Fsp3) is 0.556. The number of nitrogens with one attached hydrogen (secondary N) is 1. The van der Waals surface area contributed by atoms with E-state index in [-0.39, 0.29) is 17.9 Å². The Balaban J connectivity index is 1.64. The number of aryl methyl sites for hydroxylation is 2. The van der Waals surface area contributed by atoms with Gasteiger partial charge in [0.25, 0.3) is 0 Å². The van der Waals surface area contributed by atoms with Crippen LogP contribution in [0.1, 0.15) is 35.8 Å². The molecule has 1 amide bonds. The smallest absolute Gasteiger partial charge is 0.223 e. The van der Waals surface area contributed by atoms with Crippen molar-refractivity contribution in [2.45, 2.75) is 32.7 Å². The summed E-state index contributed by atoms with van der Waals surface area (Å²) in [6.45, 7) is 5.25. The summed E-state index contributed by atoms with van der Waals surface area (Å²) >= 11 is 1.62. The van der Waals surface area contributed by atoms with Crippen molar-refractivity contribution in [2.24, 2.45) is 5.92 Å². The molecule has 1 atom stereocenters. The Bertz CT molecular complexity index is 882. The number of amides is 1. The summed E-state index contributed by atoms with van der Waals surface area (Å²) in [5.41, 5.74) is 3.13. The van der Waals surface area contributed by atoms with Crippen LogP contribution >= 0.6 is 11.3 Å². The summed E-state index contributed by atoms with van der Waals surface area (Å²) in [6, 6.07) is 4.04. The van der Waals surface area contributed by atoms with E-state index in [0.717, 1.165) is 17.0 Å². The average molecular weight is 411 g/mol. The molecule has 1 unspecified atom stereocenters. The van der Waals surface area contributed by atoms with E-state index in [4.69, 9.17) is 0 Å². The fourth-order valence-corrected chi connectivity index (χ4v) is 5.14. The average Bonchev–Trinajstić information content (AvgIpc) is 3.25. The molecule has 0 aromatic carbocycles. The minimum atomic E-state index is -3.18. The maximum absolute atomic E-state index is 12.6. The highest BCUT2D eigenvalue weighted by Gasteiger charge is 2.29. The largest absolute Gasteiger partial charge is 0.353 e. The first-order chi connectivity index (χ1) is 12.8. The zero-order valence-corrected chi connectivity index (χ0v) is 17.5. The SMILES string of the molecule is Cc1cc(C)n(C(CNC(=O)C2CCN(S(C)(=O)=O)CC2)c2ccsc2)n1. The third kappa shape index (κ3) is 4.77. The summed E-state index contributed by atoms with van der Waals surface area (Å²) in [4.78, 5) is 12.6. The summed E-state index contributed by atoms with van der Waals surface area (Å²) in [6.07, 6.45) is 2.33. The Morgan fingerprint density at radius 3 is 2.59 bits per heavy atom. The van der Waals surface area contributed by atoms with Gasteiger partial charge in [-0.2, -0.15) is 16.4 Å². The summed E-state index contributed by atoms with van der Waals surface area (Å²) in [7, 11) is -3.18. The van der Waals surface area contributed by atoms with E-state index in [1.165, 1.54) is 10.6 Å². The van der Waals surface area contributed by atoms with E-state index in [1.807, 2.05) is 30.0 Å². The molecule has 9 heteroatoms. The van der Waals surface area contributed by atoms with Gasteiger partial charge < -0.3 is 5.32 Å². The highest BCUT2D eigenvalue weighted by molar-refractivity contribution is 7.88. The van der Waals surface area contributed by atoms with E-state index in [2.05, 4.69) is 21.9 Å². The number of thiophene rings is 1. The van der Waals surface area contributed by atoms with Gasteiger partial charge in [0.05, 0.1) is 18.0 Å². The number of nitrogens with zero attached hydrogens (tertiary/aromatic N) is 3. The third-order valence-electron chi connectivity index (χ3n) is 5.03. The maximum Gasteiger partial charge on any atom is 0.223 e. The molecule has 1 fully saturated rings. The first kappa shape index (κ1) is 20.0. The number of piperidine rings is 1. The van der Waals surface area contributed by atoms with Crippen LogP contribution in [0.2, 0.25) is 0 Å². The summed E-state index contributed by atoms with van der Waals surface area (Å²) in [5.74, 6) is -0.156. The molecule has 3 rings (SSSR count). The van der Waals surface area contributed by atoms with E-state index >= 15 is 0 Å². The predicted octanol–water partition coefficient (Wildman–Crippen LogP) is 1.94. The molecule has 0 aliphatic carbocycles. The number of carbonyl (C=O) groups is 1. The van der Waals surface area contributed by atoms with Gasteiger partial charge in [-0.3, -0.25) is 9.48 Å². The molecule has 0 saturated carbocycles. The van der Waals surface area contributed by atoms with E-state index in [1.54, 1.807) is 11.3 Å². The summed E-state index contributed by atoms with van der Waals surface area (Å²) < 4.78 is 26.6. The molecule has 0 bridgehead atoms. The molecule has 0 radical (unpaired) electrons. The van der Waals surface area contributed by atoms with Crippen molar-refractivity contribution >= 4 is 27.3 Å². The van der Waals surface area contributed by atoms with Crippen molar-refractivity contribution < 1.29 is 13.2 Å². The lowest BCUT2D eigenvalue weighted by Gasteiger charge is -2.30. The molecule has 1 aliphatic heterocycles. The fourth-order valence-electron chi connectivity index (χ4n) is 3.56. The second-order valence-corrected chi connectivity index (χ2v) is 9.89. The number of aromatic nitrogens is 2. The molecular formula is C18H26N4O3S2. The number of carbonyl (C=O) groups excluding carboxylic acids is 1. The molecule has 1 N–H and O–H groups in total. The van der Waals surface area contributed by atoms with Gasteiger partial charge >= 0.3 is 0 Å². The number of sulfonamides is 1. The van der Waals surface area contributed by atoms with Gasteiger partial charge in [-0.15, -0.1) is 0 Å². The van der Waals surface area contributed by atoms with Crippen LogP contribution in [0.25, 0.3) is 0 Å². The van der Waals surface area contributed by atoms with Crippen molar-refractivity contribution in [3.63, 3.8) is 0 Å². The lowest BCUT2D eigenvalue weighted by atomic mass is 9.97. The second kappa shape index (κ2) is 8.12. The van der Waals surface area contributed by atoms with Crippen molar-refractivity contribution in [3.8, 4) is 0 Å². The van der Waals surface area contributed by atoms with Crippen molar-refractivity contribution in [3.05, 3.63) is 39.8 Å². The topological polar surface area (TPSA) is 84.3 Å². The Morgan fingerprint density at radius 1 is 1.37 bits per heavy atom. The second-order valence-electron chi connectivity index (χ2n) is 7.13. The van der Waals surface area contributed by atoms with E-state index in [9.17, 15) is 13.2 Å². The van der Waals surface area contributed by atoms with Crippen molar-refractivity contribution in [1.82, 2.24) is 19.4 Å². The molecule has 7 nitrogen and oxygen atoms in total. The van der Waals surface area contributed by atoms with Gasteiger partial charge in [-0.05, 0) is 55.1 Å². The standard InChI is InChI=1S/C18H26N4O3S2/c1-13-10-14(2)22(20-13)17(16-6-9-26-12-16)11-19-18(23)15-4-7-21(8-5-15)27(3,24)25/h6,9-10,12,15,17H,4-5,7-8,11H2,1-3H3,(H,19,23). The van der Waals surface area contributed by atoms with Gasteiger partial charge in [0.1, 0.15) is 0 Å². The van der Waals surface area contributed by atoms with Crippen LogP contribution < -0.4 is 5.32 Å². The Hall–Kier alpha value is -1.71.